The van der Waals surface area contributed by atoms with Crippen LogP contribution in [-0.2, 0) is 16.1 Å². The molecule has 4 atom stereocenters. The SMILES string of the molecule is O=C1[C@@H]2C[C@@H]3C[C@H]1C[C@@](OCc1c(-c4c(Cl)cccc4Cl)noc1C1CC1)(C3)C2. The summed E-state index contributed by atoms with van der Waals surface area (Å²) in [5, 5.41) is 5.50. The Morgan fingerprint density at radius 3 is 2.41 bits per heavy atom. The molecule has 1 aromatic carbocycles. The number of hydrogen-bond acceptors (Lipinski definition) is 4. The molecule has 5 aliphatic rings. The van der Waals surface area contributed by atoms with E-state index in [-0.39, 0.29) is 17.4 Å². The molecule has 1 heterocycles. The highest BCUT2D eigenvalue weighted by Crippen LogP contribution is 2.56. The van der Waals surface area contributed by atoms with Gasteiger partial charge in [-0.15, -0.1) is 0 Å². The number of ketones is 1. The molecule has 0 saturated heterocycles. The number of halogens is 2. The number of carbonyl (C=O) groups is 1. The Kier molecular flexibility index (Phi) is 4.17. The molecule has 152 valence electrons. The number of rotatable bonds is 5. The van der Waals surface area contributed by atoms with Gasteiger partial charge in [0.2, 0.25) is 0 Å². The van der Waals surface area contributed by atoms with Crippen molar-refractivity contribution in [1.29, 1.82) is 0 Å². The summed E-state index contributed by atoms with van der Waals surface area (Å²) in [4.78, 5) is 12.5. The van der Waals surface area contributed by atoms with E-state index in [0.29, 0.717) is 45.5 Å². The lowest BCUT2D eigenvalue weighted by Gasteiger charge is -2.55. The van der Waals surface area contributed by atoms with Gasteiger partial charge in [0.05, 0.1) is 22.3 Å². The second-order valence-corrected chi connectivity index (χ2v) is 10.3. The van der Waals surface area contributed by atoms with Crippen molar-refractivity contribution in [1.82, 2.24) is 5.16 Å². The van der Waals surface area contributed by atoms with Gasteiger partial charge in [0, 0.05) is 28.9 Å². The molecular formula is C23H23Cl2NO3. The summed E-state index contributed by atoms with van der Waals surface area (Å²) in [7, 11) is 0. The minimum Gasteiger partial charge on any atom is -0.370 e. The first-order valence-electron chi connectivity index (χ1n) is 10.6. The molecule has 7 rings (SSSR count). The highest BCUT2D eigenvalue weighted by molar-refractivity contribution is 6.39. The number of nitrogens with zero attached hydrogens (tertiary/aromatic N) is 1. The van der Waals surface area contributed by atoms with Crippen molar-refractivity contribution < 1.29 is 14.1 Å². The van der Waals surface area contributed by atoms with Gasteiger partial charge < -0.3 is 9.26 Å². The molecule has 0 aliphatic heterocycles. The smallest absolute Gasteiger partial charge is 0.145 e. The van der Waals surface area contributed by atoms with E-state index in [0.717, 1.165) is 56.3 Å². The topological polar surface area (TPSA) is 52.3 Å². The van der Waals surface area contributed by atoms with Crippen molar-refractivity contribution in [3.8, 4) is 11.3 Å². The van der Waals surface area contributed by atoms with Crippen LogP contribution in [0, 0.1) is 17.8 Å². The van der Waals surface area contributed by atoms with Gasteiger partial charge in [-0.2, -0.15) is 0 Å². The normalized spacial score (nSPS) is 32.9. The highest BCUT2D eigenvalue weighted by Gasteiger charge is 2.56. The number of benzene rings is 1. The maximum Gasteiger partial charge on any atom is 0.145 e. The van der Waals surface area contributed by atoms with E-state index in [1.165, 1.54) is 0 Å². The summed E-state index contributed by atoms with van der Waals surface area (Å²) in [6.07, 6.45) is 7.14. The predicted molar refractivity (Wildman–Crippen MR) is 110 cm³/mol. The van der Waals surface area contributed by atoms with Crippen LogP contribution < -0.4 is 0 Å². The van der Waals surface area contributed by atoms with E-state index in [4.69, 9.17) is 32.5 Å². The van der Waals surface area contributed by atoms with Crippen LogP contribution in [0.5, 0.6) is 0 Å². The molecule has 1 aromatic heterocycles. The Morgan fingerprint density at radius 1 is 1.07 bits per heavy atom. The Bertz CT molecular complexity index is 958. The molecule has 29 heavy (non-hydrogen) atoms. The van der Waals surface area contributed by atoms with Crippen molar-refractivity contribution in [3.05, 3.63) is 39.6 Å². The second-order valence-electron chi connectivity index (χ2n) is 9.46. The van der Waals surface area contributed by atoms with Crippen LogP contribution in [-0.4, -0.2) is 16.5 Å². The predicted octanol–water partition coefficient (Wildman–Crippen LogP) is 6.19. The fourth-order valence-electron chi connectivity index (χ4n) is 6.13. The fraction of sp³-hybridized carbons (Fsp3) is 0.565. The van der Waals surface area contributed by atoms with Crippen molar-refractivity contribution in [3.63, 3.8) is 0 Å². The quantitative estimate of drug-likeness (QED) is 0.565. The molecule has 5 saturated carbocycles. The summed E-state index contributed by atoms with van der Waals surface area (Å²) in [6, 6.07) is 5.48. The van der Waals surface area contributed by atoms with E-state index in [2.05, 4.69) is 5.16 Å². The fourth-order valence-corrected chi connectivity index (χ4v) is 6.70. The molecule has 0 unspecified atom stereocenters. The molecule has 4 nitrogen and oxygen atoms in total. The Hall–Kier alpha value is -1.36. The molecule has 0 N–H and O–H groups in total. The van der Waals surface area contributed by atoms with Gasteiger partial charge in [0.25, 0.3) is 0 Å². The van der Waals surface area contributed by atoms with Gasteiger partial charge >= 0.3 is 0 Å². The number of aromatic nitrogens is 1. The third-order valence-corrected chi connectivity index (χ3v) is 8.06. The van der Waals surface area contributed by atoms with Crippen LogP contribution in [0.1, 0.15) is 62.2 Å². The van der Waals surface area contributed by atoms with Crippen LogP contribution in [0.25, 0.3) is 11.3 Å². The number of ether oxygens (including phenoxy) is 1. The maximum absolute atomic E-state index is 12.5. The molecular weight excluding hydrogens is 409 g/mol. The third-order valence-electron chi connectivity index (χ3n) is 7.43. The van der Waals surface area contributed by atoms with Gasteiger partial charge in [-0.1, -0.05) is 34.4 Å². The molecule has 4 bridgehead atoms. The lowest BCUT2D eigenvalue weighted by molar-refractivity contribution is -0.179. The van der Waals surface area contributed by atoms with Crippen LogP contribution in [0.3, 0.4) is 0 Å². The first-order chi connectivity index (χ1) is 14.0. The molecule has 6 heteroatoms. The standard InChI is InChI=1S/C23H23Cl2NO3/c24-17-2-1-3-18(25)19(17)20-16(22(29-26-20)13-4-5-13)11-28-23-8-12-6-14(9-23)21(27)15(7-12)10-23/h1-3,12-15H,4-11H2/t12-,14-,15+,23-. The van der Waals surface area contributed by atoms with Crippen LogP contribution >= 0.6 is 23.2 Å². The van der Waals surface area contributed by atoms with Gasteiger partial charge in [0.15, 0.2) is 0 Å². The number of Topliss-reactive ketones (excluding diaryl/α,β-unsaturated/α-hetero) is 1. The first kappa shape index (κ1) is 18.4. The minimum absolute atomic E-state index is 0.177. The average molecular weight is 432 g/mol. The van der Waals surface area contributed by atoms with E-state index in [9.17, 15) is 4.79 Å². The van der Waals surface area contributed by atoms with Gasteiger partial charge in [-0.25, -0.2) is 0 Å². The third kappa shape index (κ3) is 2.98. The Morgan fingerprint density at radius 2 is 1.76 bits per heavy atom. The summed E-state index contributed by atoms with van der Waals surface area (Å²) < 4.78 is 12.4. The first-order valence-corrected chi connectivity index (χ1v) is 11.4. The maximum atomic E-state index is 12.5. The van der Waals surface area contributed by atoms with Crippen LogP contribution in [0.4, 0.5) is 0 Å². The molecule has 0 amide bonds. The van der Waals surface area contributed by atoms with E-state index in [1.54, 1.807) is 0 Å². The highest BCUT2D eigenvalue weighted by atomic mass is 35.5. The second kappa shape index (κ2) is 6.57. The molecule has 2 aromatic rings. The minimum atomic E-state index is -0.177. The zero-order valence-electron chi connectivity index (χ0n) is 16.1. The summed E-state index contributed by atoms with van der Waals surface area (Å²) in [5.74, 6) is 2.83. The average Bonchev–Trinajstić information content (AvgIpc) is 3.44. The van der Waals surface area contributed by atoms with Crippen LogP contribution in [0.2, 0.25) is 10.0 Å². The summed E-state index contributed by atoms with van der Waals surface area (Å²) in [5.41, 5.74) is 2.21. The molecule has 5 aliphatic carbocycles. The largest absolute Gasteiger partial charge is 0.370 e. The van der Waals surface area contributed by atoms with Crippen molar-refractivity contribution in [2.45, 2.75) is 63.1 Å². The van der Waals surface area contributed by atoms with Crippen molar-refractivity contribution in [2.75, 3.05) is 0 Å². The molecule has 5 fully saturated rings. The lowest BCUT2D eigenvalue weighted by Crippen LogP contribution is -2.56. The zero-order chi connectivity index (χ0) is 19.8. The Balaban J connectivity index is 1.33. The monoisotopic (exact) mass is 431 g/mol. The molecule has 0 spiro atoms. The van der Waals surface area contributed by atoms with Gasteiger partial charge in [0.1, 0.15) is 17.2 Å². The van der Waals surface area contributed by atoms with E-state index < -0.39 is 0 Å². The molecule has 0 radical (unpaired) electrons. The van der Waals surface area contributed by atoms with Crippen molar-refractivity contribution >= 4 is 29.0 Å². The zero-order valence-corrected chi connectivity index (χ0v) is 17.6. The van der Waals surface area contributed by atoms with Gasteiger partial charge in [-0.05, 0) is 63.0 Å². The number of carbonyl (C=O) groups excluding carboxylic acids is 1. The van der Waals surface area contributed by atoms with Crippen molar-refractivity contribution in [2.24, 2.45) is 17.8 Å². The summed E-state index contributed by atoms with van der Waals surface area (Å²) in [6.45, 7) is 0.437. The Labute approximate surface area is 179 Å². The lowest BCUT2D eigenvalue weighted by atomic mass is 9.53. The van der Waals surface area contributed by atoms with Gasteiger partial charge in [-0.3, -0.25) is 4.79 Å². The summed E-state index contributed by atoms with van der Waals surface area (Å²) >= 11 is 12.9. The van der Waals surface area contributed by atoms with E-state index >= 15 is 0 Å². The van der Waals surface area contributed by atoms with Crippen LogP contribution in [0.15, 0.2) is 22.7 Å². The number of hydrogen-bond donors (Lipinski definition) is 0. The van der Waals surface area contributed by atoms with E-state index in [1.807, 2.05) is 18.2 Å².